The third-order valence-electron chi connectivity index (χ3n) is 7.09. The van der Waals surface area contributed by atoms with E-state index in [0.29, 0.717) is 17.8 Å². The van der Waals surface area contributed by atoms with Crippen LogP contribution in [0.4, 0.5) is 0 Å². The van der Waals surface area contributed by atoms with Crippen LogP contribution in [0.1, 0.15) is 44.9 Å². The van der Waals surface area contributed by atoms with Gasteiger partial charge in [0.05, 0.1) is 17.8 Å². The van der Waals surface area contributed by atoms with E-state index in [1.54, 1.807) is 18.2 Å². The zero-order valence-corrected chi connectivity index (χ0v) is 17.6. The highest BCUT2D eigenvalue weighted by Crippen LogP contribution is 2.60. The molecule has 29 heavy (non-hydrogen) atoms. The van der Waals surface area contributed by atoms with Crippen molar-refractivity contribution >= 4 is 21.7 Å². The Bertz CT molecular complexity index is 844. The van der Waals surface area contributed by atoms with Crippen molar-refractivity contribution in [1.82, 2.24) is 5.32 Å². The Labute approximate surface area is 172 Å². The topological polar surface area (TPSA) is 89.5 Å². The van der Waals surface area contributed by atoms with Gasteiger partial charge in [-0.15, -0.1) is 0 Å². The minimum Gasteiger partial charge on any atom is -0.467 e. The number of hydrogen-bond acceptors (Lipinski definition) is 5. The molecule has 4 bridgehead atoms. The molecule has 7 heteroatoms. The van der Waals surface area contributed by atoms with E-state index in [1.165, 1.54) is 38.5 Å². The van der Waals surface area contributed by atoms with E-state index < -0.39 is 21.8 Å². The first-order valence-electron chi connectivity index (χ1n) is 10.5. The van der Waals surface area contributed by atoms with Gasteiger partial charge in [-0.2, -0.15) is 0 Å². The molecule has 1 aromatic carbocycles. The Morgan fingerprint density at radius 3 is 2.14 bits per heavy atom. The molecule has 4 fully saturated rings. The molecule has 4 saturated carbocycles. The first-order valence-corrected chi connectivity index (χ1v) is 12.1. The number of methoxy groups -OCH3 is 1. The van der Waals surface area contributed by atoms with Crippen molar-refractivity contribution in [3.05, 3.63) is 30.3 Å². The van der Waals surface area contributed by atoms with Crippen LogP contribution in [-0.4, -0.2) is 39.2 Å². The molecule has 0 heterocycles. The zero-order valence-electron chi connectivity index (χ0n) is 16.8. The second kappa shape index (κ2) is 7.74. The van der Waals surface area contributed by atoms with E-state index in [1.807, 2.05) is 0 Å². The molecular formula is C22H29NO5S. The summed E-state index contributed by atoms with van der Waals surface area (Å²) in [6, 6.07) is 7.22. The monoisotopic (exact) mass is 419 g/mol. The van der Waals surface area contributed by atoms with Crippen LogP contribution in [0.5, 0.6) is 0 Å². The highest BCUT2D eigenvalue weighted by molar-refractivity contribution is 7.91. The Morgan fingerprint density at radius 1 is 1.07 bits per heavy atom. The second-order valence-corrected chi connectivity index (χ2v) is 11.3. The quantitative estimate of drug-likeness (QED) is 0.687. The molecule has 4 aliphatic rings. The summed E-state index contributed by atoms with van der Waals surface area (Å²) in [6.45, 7) is 0. The number of nitrogens with one attached hydrogen (secondary N) is 1. The predicted octanol–water partition coefficient (Wildman–Crippen LogP) is 2.72. The average molecular weight is 420 g/mol. The van der Waals surface area contributed by atoms with Crippen molar-refractivity contribution < 1.29 is 22.7 Å². The largest absolute Gasteiger partial charge is 0.467 e. The minimum atomic E-state index is -3.54. The maximum absolute atomic E-state index is 13.3. The summed E-state index contributed by atoms with van der Waals surface area (Å²) in [6.07, 6.45) is 6.35. The number of ether oxygens (including phenoxy) is 1. The van der Waals surface area contributed by atoms with Gasteiger partial charge in [0.2, 0.25) is 5.91 Å². The van der Waals surface area contributed by atoms with Crippen LogP contribution in [0.25, 0.3) is 0 Å². The Hall–Kier alpha value is -1.89. The van der Waals surface area contributed by atoms with Crippen LogP contribution >= 0.6 is 0 Å². The standard InChI is InChI=1S/C22H29NO5S/c1-28-20(24)19(7-8-29(26,27)18-5-3-2-4-6-18)23-21(25)22-12-15-9-16(13-22)11-17(10-15)14-22/h2-6,15-17,19H,7-14H2,1H3,(H,23,25)/t15?,16?,17?,19-,22?/m0/s1. The van der Waals surface area contributed by atoms with Crippen molar-refractivity contribution in [3.63, 3.8) is 0 Å². The third kappa shape index (κ3) is 4.06. The summed E-state index contributed by atoms with van der Waals surface area (Å²) >= 11 is 0. The predicted molar refractivity (Wildman–Crippen MR) is 108 cm³/mol. The summed E-state index contributed by atoms with van der Waals surface area (Å²) in [4.78, 5) is 25.8. The van der Waals surface area contributed by atoms with Gasteiger partial charge in [-0.1, -0.05) is 18.2 Å². The second-order valence-electron chi connectivity index (χ2n) is 9.17. The highest BCUT2D eigenvalue weighted by Gasteiger charge is 2.55. The number of benzene rings is 1. The molecule has 1 N–H and O–H groups in total. The Kier molecular flexibility index (Phi) is 5.44. The number of rotatable bonds is 7. The van der Waals surface area contributed by atoms with Gasteiger partial charge in [0, 0.05) is 5.41 Å². The summed E-state index contributed by atoms with van der Waals surface area (Å²) in [7, 11) is -2.28. The summed E-state index contributed by atoms with van der Waals surface area (Å²) in [5.41, 5.74) is -0.390. The minimum absolute atomic E-state index is 0.00199. The molecule has 0 aliphatic heterocycles. The van der Waals surface area contributed by atoms with E-state index in [4.69, 9.17) is 4.74 Å². The maximum atomic E-state index is 13.3. The molecule has 0 aromatic heterocycles. The normalized spacial score (nSPS) is 31.3. The smallest absolute Gasteiger partial charge is 0.328 e. The number of esters is 1. The Balaban J connectivity index is 1.45. The van der Waals surface area contributed by atoms with Gasteiger partial charge in [0.1, 0.15) is 6.04 Å². The molecule has 0 unspecified atom stereocenters. The zero-order chi connectivity index (χ0) is 20.6. The molecule has 0 spiro atoms. The van der Waals surface area contributed by atoms with E-state index in [2.05, 4.69) is 5.32 Å². The van der Waals surface area contributed by atoms with Crippen molar-refractivity contribution in [3.8, 4) is 0 Å². The van der Waals surface area contributed by atoms with Gasteiger partial charge in [-0.3, -0.25) is 4.79 Å². The van der Waals surface area contributed by atoms with Crippen molar-refractivity contribution in [1.29, 1.82) is 0 Å². The number of amides is 1. The van der Waals surface area contributed by atoms with E-state index in [0.717, 1.165) is 19.3 Å². The molecule has 0 radical (unpaired) electrons. The summed E-state index contributed by atoms with van der Waals surface area (Å²) < 4.78 is 30.0. The third-order valence-corrected chi connectivity index (χ3v) is 8.85. The van der Waals surface area contributed by atoms with E-state index in [-0.39, 0.29) is 28.4 Å². The van der Waals surface area contributed by atoms with Crippen molar-refractivity contribution in [2.24, 2.45) is 23.2 Å². The fourth-order valence-electron chi connectivity index (χ4n) is 6.11. The van der Waals surface area contributed by atoms with Gasteiger partial charge >= 0.3 is 5.97 Å². The van der Waals surface area contributed by atoms with Gasteiger partial charge in [0.25, 0.3) is 0 Å². The first-order chi connectivity index (χ1) is 13.8. The fraction of sp³-hybridized carbons (Fsp3) is 0.636. The highest BCUT2D eigenvalue weighted by atomic mass is 32.2. The SMILES string of the molecule is COC(=O)[C@H](CCS(=O)(=O)c1ccccc1)NC(=O)C12CC3CC(CC(C3)C1)C2. The molecule has 0 saturated heterocycles. The molecule has 1 aromatic rings. The molecule has 1 atom stereocenters. The van der Waals surface area contributed by atoms with Crippen LogP contribution in [0.15, 0.2) is 35.2 Å². The first kappa shape index (κ1) is 20.4. The summed E-state index contributed by atoms with van der Waals surface area (Å²) in [5, 5.41) is 2.87. The van der Waals surface area contributed by atoms with Crippen LogP contribution < -0.4 is 5.32 Å². The van der Waals surface area contributed by atoms with Gasteiger partial charge in [-0.25, -0.2) is 13.2 Å². The number of carbonyl (C=O) groups is 2. The maximum Gasteiger partial charge on any atom is 0.328 e. The molecule has 6 nitrogen and oxygen atoms in total. The number of sulfone groups is 1. The van der Waals surface area contributed by atoms with Gasteiger partial charge in [0.15, 0.2) is 9.84 Å². The lowest BCUT2D eigenvalue weighted by Gasteiger charge is -2.55. The van der Waals surface area contributed by atoms with E-state index >= 15 is 0 Å². The van der Waals surface area contributed by atoms with Crippen LogP contribution in [0, 0.1) is 23.2 Å². The van der Waals surface area contributed by atoms with Crippen LogP contribution in [0.3, 0.4) is 0 Å². The summed E-state index contributed by atoms with van der Waals surface area (Å²) in [5.74, 6) is 0.930. The van der Waals surface area contributed by atoms with Crippen molar-refractivity contribution in [2.75, 3.05) is 12.9 Å². The lowest BCUT2D eigenvalue weighted by molar-refractivity contribution is -0.152. The Morgan fingerprint density at radius 2 is 1.62 bits per heavy atom. The number of hydrogen-bond donors (Lipinski definition) is 1. The molecule has 158 valence electrons. The van der Waals surface area contributed by atoms with Crippen molar-refractivity contribution in [2.45, 2.75) is 55.9 Å². The van der Waals surface area contributed by atoms with Crippen LogP contribution in [-0.2, 0) is 24.2 Å². The lowest BCUT2D eigenvalue weighted by atomic mass is 9.49. The van der Waals surface area contributed by atoms with E-state index in [9.17, 15) is 18.0 Å². The van der Waals surface area contributed by atoms with Gasteiger partial charge < -0.3 is 10.1 Å². The average Bonchev–Trinajstić information content (AvgIpc) is 2.70. The lowest BCUT2D eigenvalue weighted by Crippen LogP contribution is -2.56. The molecular weight excluding hydrogens is 390 g/mol. The molecule has 5 rings (SSSR count). The molecule has 1 amide bonds. The molecule has 4 aliphatic carbocycles. The fourth-order valence-corrected chi connectivity index (χ4v) is 7.46. The van der Waals surface area contributed by atoms with Gasteiger partial charge in [-0.05, 0) is 74.8 Å². The number of carbonyl (C=O) groups excluding carboxylic acids is 2. The van der Waals surface area contributed by atoms with Crippen LogP contribution in [0.2, 0.25) is 0 Å².